The summed E-state index contributed by atoms with van der Waals surface area (Å²) in [6.07, 6.45) is 9.16. The molecule has 7 heteroatoms. The van der Waals surface area contributed by atoms with Crippen molar-refractivity contribution in [1.82, 2.24) is 9.62 Å². The van der Waals surface area contributed by atoms with Crippen molar-refractivity contribution in [2.24, 2.45) is 17.8 Å². The smallest absolute Gasteiger partial charge is 0.215 e. The molecule has 0 radical (unpaired) electrons. The van der Waals surface area contributed by atoms with E-state index < -0.39 is 10.0 Å². The van der Waals surface area contributed by atoms with Gasteiger partial charge < -0.3 is 9.47 Å². The van der Waals surface area contributed by atoms with Crippen molar-refractivity contribution in [3.05, 3.63) is 48.0 Å². The average molecular weight is 447 g/mol. The molecule has 3 fully saturated rings. The Bertz CT molecular complexity index is 890. The summed E-state index contributed by atoms with van der Waals surface area (Å²) in [5, 5.41) is 0. The van der Waals surface area contributed by atoms with E-state index >= 15 is 0 Å². The first-order valence-electron chi connectivity index (χ1n) is 11.7. The molecule has 1 saturated carbocycles. The number of ether oxygens (including phenoxy) is 2. The van der Waals surface area contributed by atoms with Gasteiger partial charge in [-0.1, -0.05) is 42.5 Å². The first-order chi connectivity index (χ1) is 15.0. The number of allylic oxidation sites excluding steroid dienone is 2. The monoisotopic (exact) mass is 446 g/mol. The van der Waals surface area contributed by atoms with Gasteiger partial charge in [-0.3, -0.25) is 4.90 Å². The Morgan fingerprint density at radius 1 is 1.16 bits per heavy atom. The quantitative estimate of drug-likeness (QED) is 0.652. The third kappa shape index (κ3) is 5.22. The SMILES string of the molecule is O=S(=O)(Cc1ccccc1)NC[C@H]1CC[C@@]2(COCCN(C[C@H]3C[C@@H]4C=C[C@H]3C4)C2)O1. The maximum absolute atomic E-state index is 12.5. The van der Waals surface area contributed by atoms with E-state index in [-0.39, 0.29) is 17.5 Å². The molecular weight excluding hydrogens is 412 g/mol. The fourth-order valence-electron chi connectivity index (χ4n) is 5.90. The molecule has 4 aliphatic rings. The van der Waals surface area contributed by atoms with Crippen LogP contribution in [-0.2, 0) is 25.2 Å². The second-order valence-electron chi connectivity index (χ2n) is 9.88. The molecule has 1 N–H and O–H groups in total. The summed E-state index contributed by atoms with van der Waals surface area (Å²) in [6, 6.07) is 9.29. The van der Waals surface area contributed by atoms with Gasteiger partial charge >= 0.3 is 0 Å². The summed E-state index contributed by atoms with van der Waals surface area (Å²) in [7, 11) is -3.38. The lowest BCUT2D eigenvalue weighted by Crippen LogP contribution is -2.46. The summed E-state index contributed by atoms with van der Waals surface area (Å²) in [5.74, 6) is 2.30. The van der Waals surface area contributed by atoms with Crippen molar-refractivity contribution >= 4 is 10.0 Å². The van der Waals surface area contributed by atoms with Crippen LogP contribution in [0.5, 0.6) is 0 Å². The zero-order valence-corrected chi connectivity index (χ0v) is 18.9. The number of nitrogens with one attached hydrogen (secondary N) is 1. The zero-order chi connectivity index (χ0) is 21.3. The van der Waals surface area contributed by atoms with Gasteiger partial charge in [0.05, 0.1) is 25.1 Å². The van der Waals surface area contributed by atoms with E-state index in [0.717, 1.165) is 62.4 Å². The summed E-state index contributed by atoms with van der Waals surface area (Å²) in [6.45, 7) is 4.64. The first-order valence-corrected chi connectivity index (χ1v) is 13.3. The summed E-state index contributed by atoms with van der Waals surface area (Å²) in [5.41, 5.74) is 0.488. The van der Waals surface area contributed by atoms with E-state index in [1.165, 1.54) is 12.8 Å². The normalized spacial score (nSPS) is 35.7. The number of benzene rings is 1. The molecule has 170 valence electrons. The number of sulfonamides is 1. The Balaban J connectivity index is 1.14. The number of nitrogens with zero attached hydrogens (tertiary/aromatic N) is 1. The molecule has 2 bridgehead atoms. The first kappa shape index (κ1) is 21.6. The van der Waals surface area contributed by atoms with Gasteiger partial charge in [-0.2, -0.15) is 0 Å². The summed E-state index contributed by atoms with van der Waals surface area (Å²) < 4.78 is 40.1. The molecule has 0 amide bonds. The molecule has 1 spiro atoms. The topological polar surface area (TPSA) is 67.9 Å². The highest BCUT2D eigenvalue weighted by Gasteiger charge is 2.44. The van der Waals surface area contributed by atoms with Gasteiger partial charge in [-0.05, 0) is 49.0 Å². The maximum Gasteiger partial charge on any atom is 0.215 e. The van der Waals surface area contributed by atoms with E-state index in [1.54, 1.807) is 0 Å². The molecule has 2 aliphatic heterocycles. The third-order valence-corrected chi connectivity index (χ3v) is 8.73. The van der Waals surface area contributed by atoms with Gasteiger partial charge in [0.2, 0.25) is 10.0 Å². The van der Waals surface area contributed by atoms with Gasteiger partial charge in [0.15, 0.2) is 0 Å². The molecule has 0 aromatic heterocycles. The highest BCUT2D eigenvalue weighted by Crippen LogP contribution is 2.44. The van der Waals surface area contributed by atoms with E-state index in [0.29, 0.717) is 13.2 Å². The Morgan fingerprint density at radius 2 is 2.03 bits per heavy atom. The van der Waals surface area contributed by atoms with E-state index in [9.17, 15) is 8.42 Å². The van der Waals surface area contributed by atoms with Gasteiger partial charge in [0.25, 0.3) is 0 Å². The van der Waals surface area contributed by atoms with Gasteiger partial charge in [-0.25, -0.2) is 13.1 Å². The lowest BCUT2D eigenvalue weighted by atomic mass is 9.92. The number of hydrogen-bond donors (Lipinski definition) is 1. The minimum absolute atomic E-state index is 0.000583. The molecule has 2 heterocycles. The highest BCUT2D eigenvalue weighted by molar-refractivity contribution is 7.88. The van der Waals surface area contributed by atoms with Crippen molar-refractivity contribution in [3.8, 4) is 0 Å². The molecule has 2 saturated heterocycles. The van der Waals surface area contributed by atoms with E-state index in [1.807, 2.05) is 30.3 Å². The highest BCUT2D eigenvalue weighted by atomic mass is 32.2. The van der Waals surface area contributed by atoms with Crippen molar-refractivity contribution in [2.45, 2.75) is 43.1 Å². The zero-order valence-electron chi connectivity index (χ0n) is 18.1. The summed E-state index contributed by atoms with van der Waals surface area (Å²) >= 11 is 0. The van der Waals surface area contributed by atoms with Crippen LogP contribution in [0.4, 0.5) is 0 Å². The van der Waals surface area contributed by atoms with Crippen LogP contribution in [0.15, 0.2) is 42.5 Å². The van der Waals surface area contributed by atoms with Crippen LogP contribution in [0, 0.1) is 17.8 Å². The average Bonchev–Trinajstić information content (AvgIpc) is 3.43. The van der Waals surface area contributed by atoms with Crippen molar-refractivity contribution in [1.29, 1.82) is 0 Å². The van der Waals surface area contributed by atoms with Gasteiger partial charge in [0.1, 0.15) is 5.60 Å². The molecule has 2 aliphatic carbocycles. The van der Waals surface area contributed by atoms with E-state index in [2.05, 4.69) is 21.8 Å². The van der Waals surface area contributed by atoms with Crippen LogP contribution in [0.1, 0.15) is 31.2 Å². The van der Waals surface area contributed by atoms with Crippen molar-refractivity contribution < 1.29 is 17.9 Å². The van der Waals surface area contributed by atoms with Crippen LogP contribution < -0.4 is 4.72 Å². The molecule has 1 aromatic rings. The van der Waals surface area contributed by atoms with Crippen LogP contribution in [0.25, 0.3) is 0 Å². The minimum Gasteiger partial charge on any atom is -0.377 e. The Morgan fingerprint density at radius 3 is 2.81 bits per heavy atom. The van der Waals surface area contributed by atoms with Crippen LogP contribution >= 0.6 is 0 Å². The molecular formula is C24H34N2O4S. The largest absolute Gasteiger partial charge is 0.377 e. The Hall–Kier alpha value is -1.25. The second-order valence-corrected chi connectivity index (χ2v) is 11.7. The number of hydrogen-bond acceptors (Lipinski definition) is 5. The molecule has 31 heavy (non-hydrogen) atoms. The lowest BCUT2D eigenvalue weighted by molar-refractivity contribution is -0.0846. The van der Waals surface area contributed by atoms with Crippen LogP contribution in [0.2, 0.25) is 0 Å². The fourth-order valence-corrected chi connectivity index (χ4v) is 7.08. The lowest BCUT2D eigenvalue weighted by Gasteiger charge is -2.34. The predicted octanol–water partition coefficient (Wildman–Crippen LogP) is 2.57. The molecule has 0 unspecified atom stereocenters. The van der Waals surface area contributed by atoms with Gasteiger partial charge in [-0.15, -0.1) is 0 Å². The maximum atomic E-state index is 12.5. The number of fused-ring (bicyclic) bond motifs is 2. The predicted molar refractivity (Wildman–Crippen MR) is 120 cm³/mol. The van der Waals surface area contributed by atoms with Crippen LogP contribution in [-0.4, -0.2) is 64.4 Å². The minimum atomic E-state index is -3.38. The van der Waals surface area contributed by atoms with Crippen molar-refractivity contribution in [2.75, 3.05) is 39.4 Å². The molecule has 5 rings (SSSR count). The van der Waals surface area contributed by atoms with Crippen LogP contribution in [0.3, 0.4) is 0 Å². The molecule has 1 aromatic carbocycles. The van der Waals surface area contributed by atoms with Crippen molar-refractivity contribution in [3.63, 3.8) is 0 Å². The summed E-state index contributed by atoms with van der Waals surface area (Å²) in [4.78, 5) is 2.54. The molecule has 6 nitrogen and oxygen atoms in total. The Kier molecular flexibility index (Phi) is 6.23. The fraction of sp³-hybridized carbons (Fsp3) is 0.667. The van der Waals surface area contributed by atoms with E-state index in [4.69, 9.17) is 9.47 Å². The second kappa shape index (κ2) is 8.94. The number of rotatable bonds is 7. The molecule has 5 atom stereocenters. The van der Waals surface area contributed by atoms with Gasteiger partial charge in [0, 0.05) is 26.2 Å². The third-order valence-electron chi connectivity index (χ3n) is 7.41. The Labute approximate surface area is 186 Å². The standard InChI is InChI=1S/C24H34N2O4S/c27-31(28,16-19-4-2-1-3-5-19)25-14-23-8-9-24(30-23)17-26(10-11-29-18-24)15-22-13-20-6-7-21(22)12-20/h1-7,20-23,25H,8-18H2/t20-,21+,22-,23-,24-/m1/s1.